The van der Waals surface area contributed by atoms with Gasteiger partial charge in [-0.25, -0.2) is 9.38 Å². The molecular weight excluding hydrogens is 440 g/mol. The van der Waals surface area contributed by atoms with E-state index in [1.54, 1.807) is 6.07 Å². The smallest absolute Gasteiger partial charge is 0.189 e. The van der Waals surface area contributed by atoms with Gasteiger partial charge in [-0.3, -0.25) is 0 Å². The van der Waals surface area contributed by atoms with Crippen molar-refractivity contribution < 1.29 is 9.13 Å². The zero-order chi connectivity index (χ0) is 14.0. The Morgan fingerprint density at radius 3 is 3.00 bits per heavy atom. The molecule has 0 fully saturated rings. The summed E-state index contributed by atoms with van der Waals surface area (Å²) in [7, 11) is 0. The highest BCUT2D eigenvalue weighted by Crippen LogP contribution is 2.35. The molecule has 4 nitrogen and oxygen atoms in total. The third-order valence-electron chi connectivity index (χ3n) is 2.68. The van der Waals surface area contributed by atoms with E-state index in [1.165, 1.54) is 6.07 Å². The molecule has 1 aromatic rings. The van der Waals surface area contributed by atoms with Crippen molar-refractivity contribution in [2.45, 2.75) is 13.0 Å². The molecule has 0 saturated heterocycles. The van der Waals surface area contributed by atoms with E-state index < -0.39 is 0 Å². The molecule has 0 bridgehead atoms. The minimum Gasteiger partial charge on any atom is -0.491 e. The largest absolute Gasteiger partial charge is 0.491 e. The van der Waals surface area contributed by atoms with Crippen molar-refractivity contribution in [2.75, 3.05) is 13.2 Å². The molecule has 0 spiro atoms. The van der Waals surface area contributed by atoms with Crippen molar-refractivity contribution in [3.8, 4) is 5.75 Å². The summed E-state index contributed by atoms with van der Waals surface area (Å²) in [5.41, 5.74) is 7.57. The fourth-order valence-corrected chi connectivity index (χ4v) is 2.13. The Labute approximate surface area is 142 Å². The highest BCUT2D eigenvalue weighted by atomic mass is 127. The maximum Gasteiger partial charge on any atom is 0.189 e. The van der Waals surface area contributed by atoms with Gasteiger partial charge in [-0.2, -0.15) is 0 Å². The van der Waals surface area contributed by atoms with E-state index in [1.807, 2.05) is 6.92 Å². The van der Waals surface area contributed by atoms with Gasteiger partial charge >= 0.3 is 0 Å². The second-order valence-electron chi connectivity index (χ2n) is 4.47. The molecule has 1 aliphatic rings. The fourth-order valence-electron chi connectivity index (χ4n) is 1.77. The summed E-state index contributed by atoms with van der Waals surface area (Å²) >= 11 is 3.16. The van der Waals surface area contributed by atoms with Crippen LogP contribution in [0.25, 0.3) is 0 Å². The van der Waals surface area contributed by atoms with Crippen LogP contribution in [-0.2, 0) is 0 Å². The van der Waals surface area contributed by atoms with Gasteiger partial charge in [0.15, 0.2) is 5.96 Å². The standard InChI is InChI=1S/C13H15BrFN3O.HI/c1-7(2)5-17-13(16)18-11-6-19-12-4-10(15)9(14)3-8(11)12;/h3-4,11H,1,5-6H2,2H3,(H3,16,17,18);1H. The Kier molecular flexibility index (Phi) is 6.25. The number of ether oxygens (including phenoxy) is 1. The summed E-state index contributed by atoms with van der Waals surface area (Å²) in [4.78, 5) is 4.14. The van der Waals surface area contributed by atoms with E-state index >= 15 is 0 Å². The Hall–Kier alpha value is -0.830. The number of guanidine groups is 1. The number of nitrogens with one attached hydrogen (secondary N) is 1. The van der Waals surface area contributed by atoms with Gasteiger partial charge < -0.3 is 15.8 Å². The van der Waals surface area contributed by atoms with Crippen LogP contribution in [0.5, 0.6) is 5.75 Å². The Balaban J connectivity index is 0.00000200. The lowest BCUT2D eigenvalue weighted by Crippen LogP contribution is -2.36. The summed E-state index contributed by atoms with van der Waals surface area (Å²) < 4.78 is 19.2. The molecule has 110 valence electrons. The van der Waals surface area contributed by atoms with E-state index in [4.69, 9.17) is 10.5 Å². The van der Waals surface area contributed by atoms with Gasteiger partial charge in [0.2, 0.25) is 0 Å². The fraction of sp³-hybridized carbons (Fsp3) is 0.308. The topological polar surface area (TPSA) is 59.6 Å². The quantitative estimate of drug-likeness (QED) is 0.318. The first-order valence-electron chi connectivity index (χ1n) is 5.80. The van der Waals surface area contributed by atoms with Crippen LogP contribution < -0.4 is 15.8 Å². The molecule has 1 atom stereocenters. The minimum atomic E-state index is -0.344. The maximum absolute atomic E-state index is 13.4. The zero-order valence-corrected chi connectivity index (χ0v) is 14.9. The molecule has 0 saturated carbocycles. The molecular formula is C13H16BrFIN3O. The van der Waals surface area contributed by atoms with E-state index in [0.717, 1.165) is 11.1 Å². The average Bonchev–Trinajstić information content (AvgIpc) is 2.70. The van der Waals surface area contributed by atoms with Crippen LogP contribution in [-0.4, -0.2) is 19.1 Å². The van der Waals surface area contributed by atoms with Crippen molar-refractivity contribution in [1.82, 2.24) is 5.32 Å². The first kappa shape index (κ1) is 17.2. The average molecular weight is 456 g/mol. The van der Waals surface area contributed by atoms with Crippen LogP contribution in [0.3, 0.4) is 0 Å². The van der Waals surface area contributed by atoms with Crippen molar-refractivity contribution >= 4 is 45.9 Å². The molecule has 0 amide bonds. The zero-order valence-electron chi connectivity index (χ0n) is 11.0. The number of aliphatic imine (C=N–C) groups is 1. The lowest BCUT2D eigenvalue weighted by molar-refractivity contribution is 0.323. The highest BCUT2D eigenvalue weighted by molar-refractivity contribution is 14.0. The molecule has 0 radical (unpaired) electrons. The monoisotopic (exact) mass is 455 g/mol. The van der Waals surface area contributed by atoms with Crippen LogP contribution in [0, 0.1) is 5.82 Å². The molecule has 0 aliphatic carbocycles. The summed E-state index contributed by atoms with van der Waals surface area (Å²) in [6.07, 6.45) is 0. The second-order valence-corrected chi connectivity index (χ2v) is 5.32. The molecule has 20 heavy (non-hydrogen) atoms. The van der Waals surface area contributed by atoms with Crippen LogP contribution in [0.4, 0.5) is 4.39 Å². The molecule has 0 aromatic heterocycles. The predicted octanol–water partition coefficient (Wildman–Crippen LogP) is 3.12. The number of hydrogen-bond donors (Lipinski definition) is 2. The predicted molar refractivity (Wildman–Crippen MR) is 92.2 cm³/mol. The number of rotatable bonds is 3. The van der Waals surface area contributed by atoms with Gasteiger partial charge in [0.05, 0.1) is 17.1 Å². The van der Waals surface area contributed by atoms with Crippen LogP contribution >= 0.6 is 39.9 Å². The first-order valence-corrected chi connectivity index (χ1v) is 6.59. The minimum absolute atomic E-state index is 0. The van der Waals surface area contributed by atoms with Gasteiger partial charge in [-0.05, 0) is 28.9 Å². The van der Waals surface area contributed by atoms with Crippen molar-refractivity contribution in [2.24, 2.45) is 10.7 Å². The second kappa shape index (κ2) is 7.26. The Morgan fingerprint density at radius 1 is 1.65 bits per heavy atom. The highest BCUT2D eigenvalue weighted by Gasteiger charge is 2.26. The van der Waals surface area contributed by atoms with E-state index in [-0.39, 0.29) is 35.8 Å². The molecule has 3 N–H and O–H groups in total. The molecule has 2 rings (SSSR count). The van der Waals surface area contributed by atoms with Gasteiger partial charge in [0.1, 0.15) is 18.2 Å². The number of nitrogens with zero attached hydrogens (tertiary/aromatic N) is 1. The number of hydrogen-bond acceptors (Lipinski definition) is 2. The van der Waals surface area contributed by atoms with E-state index in [0.29, 0.717) is 29.3 Å². The number of nitrogens with two attached hydrogens (primary N) is 1. The number of halogens is 3. The van der Waals surface area contributed by atoms with Crippen LogP contribution in [0.2, 0.25) is 0 Å². The normalized spacial score (nSPS) is 16.9. The third-order valence-corrected chi connectivity index (χ3v) is 3.28. The van der Waals surface area contributed by atoms with Gasteiger partial charge in [0, 0.05) is 11.6 Å². The molecule has 7 heteroatoms. The molecule has 1 heterocycles. The maximum atomic E-state index is 13.4. The SMILES string of the molecule is C=C(C)CN=C(N)NC1COc2cc(F)c(Br)cc21.I. The number of fused-ring (bicyclic) bond motifs is 1. The van der Waals surface area contributed by atoms with E-state index in [2.05, 4.69) is 32.8 Å². The van der Waals surface area contributed by atoms with Gasteiger partial charge in [-0.1, -0.05) is 12.2 Å². The number of benzene rings is 1. The Bertz CT molecular complexity index is 551. The third kappa shape index (κ3) is 4.08. The van der Waals surface area contributed by atoms with Gasteiger partial charge in [-0.15, -0.1) is 24.0 Å². The molecule has 1 aromatic carbocycles. The summed E-state index contributed by atoms with van der Waals surface area (Å²) in [6, 6.07) is 2.93. The van der Waals surface area contributed by atoms with Crippen molar-refractivity contribution in [3.63, 3.8) is 0 Å². The summed E-state index contributed by atoms with van der Waals surface area (Å²) in [6.45, 7) is 6.51. The molecule has 1 aliphatic heterocycles. The lowest BCUT2D eigenvalue weighted by Gasteiger charge is -2.12. The van der Waals surface area contributed by atoms with Gasteiger partial charge in [0.25, 0.3) is 0 Å². The van der Waals surface area contributed by atoms with E-state index in [9.17, 15) is 4.39 Å². The summed E-state index contributed by atoms with van der Waals surface area (Å²) in [5.74, 6) is 0.513. The first-order chi connectivity index (χ1) is 8.97. The van der Waals surface area contributed by atoms with Crippen molar-refractivity contribution in [3.05, 3.63) is 40.1 Å². The Morgan fingerprint density at radius 2 is 2.35 bits per heavy atom. The van der Waals surface area contributed by atoms with Crippen LogP contribution in [0.1, 0.15) is 18.5 Å². The lowest BCUT2D eigenvalue weighted by atomic mass is 10.1. The molecule has 1 unspecified atom stereocenters. The summed E-state index contributed by atoms with van der Waals surface area (Å²) in [5, 5.41) is 3.06. The van der Waals surface area contributed by atoms with Crippen molar-refractivity contribution in [1.29, 1.82) is 0 Å². The van der Waals surface area contributed by atoms with Crippen LogP contribution in [0.15, 0.2) is 33.7 Å².